The minimum absolute atomic E-state index is 0.386. The topological polar surface area (TPSA) is 0 Å². The Morgan fingerprint density at radius 3 is 0.286 bits per heavy atom. The third-order valence-electron chi connectivity index (χ3n) is 8.17. The summed E-state index contributed by atoms with van der Waals surface area (Å²) in [5.41, 5.74) is 0. The third-order valence-corrected chi connectivity index (χ3v) is 42.6. The molecule has 0 N–H and O–H groups in total. The first-order valence-electron chi connectivity index (χ1n) is 13.3. The van der Waals surface area contributed by atoms with Crippen LogP contribution in [0, 0.1) is 0 Å². The van der Waals surface area contributed by atoms with Gasteiger partial charge in [-0.15, -0.1) is 0 Å². The van der Waals surface area contributed by atoms with E-state index >= 15 is 0 Å². The van der Waals surface area contributed by atoms with Crippen LogP contribution in [-0.2, 0) is 0 Å². The summed E-state index contributed by atoms with van der Waals surface area (Å²) >= 11 is 168. The standard InChI is InChI=1S/5C6Cl5.Sb/c5*7-2-1-3(8)5(10)6(11)4(2)9;. The Balaban J connectivity index is 2.71. The molecule has 0 aliphatic heterocycles. The average molecular weight is 1370 g/mol. The van der Waals surface area contributed by atoms with Crippen LogP contribution in [0.4, 0.5) is 0 Å². The molecule has 0 unspecified atom stereocenters. The number of hydrogen-bond acceptors (Lipinski definition) is 0. The molecular weight excluding hydrogens is 1370 g/mol. The van der Waals surface area contributed by atoms with Gasteiger partial charge in [0.2, 0.25) is 0 Å². The molecule has 0 saturated carbocycles. The summed E-state index contributed by atoms with van der Waals surface area (Å²) in [6, 6.07) is 0. The van der Waals surface area contributed by atoms with Crippen molar-refractivity contribution >= 4 is 325 Å². The van der Waals surface area contributed by atoms with E-state index in [4.69, 9.17) is 290 Å². The number of halogens is 25. The fraction of sp³-hybridized carbons (Fsp3) is 0. The minimum atomic E-state index is -8.17. The fourth-order valence-electron chi connectivity index (χ4n) is 6.05. The van der Waals surface area contributed by atoms with Gasteiger partial charge in [0.05, 0.1) is 0 Å². The van der Waals surface area contributed by atoms with Crippen LogP contribution in [0.15, 0.2) is 0 Å². The maximum absolute atomic E-state index is 8.17. The van der Waals surface area contributed by atoms with E-state index < -0.39 is 135 Å². The van der Waals surface area contributed by atoms with Crippen LogP contribution in [-0.4, -0.2) is 17.4 Å². The van der Waals surface area contributed by atoms with Gasteiger partial charge in [-0.2, -0.15) is 0 Å². The van der Waals surface area contributed by atoms with Crippen molar-refractivity contribution in [3.63, 3.8) is 0 Å². The van der Waals surface area contributed by atoms with Gasteiger partial charge in [0.15, 0.2) is 0 Å². The molecular formula is C30Cl25Sb. The molecule has 5 aromatic carbocycles. The van der Waals surface area contributed by atoms with E-state index in [9.17, 15) is 0 Å². The molecule has 300 valence electrons. The van der Waals surface area contributed by atoms with Gasteiger partial charge >= 0.3 is 451 Å². The summed E-state index contributed by atoms with van der Waals surface area (Å²) in [4.78, 5) is 0. The Morgan fingerprint density at radius 1 is 0.125 bits per heavy atom. The molecule has 0 nitrogen and oxygen atoms in total. The first-order valence-corrected chi connectivity index (χ1v) is 29.2. The molecule has 0 aromatic heterocycles. The molecule has 0 amide bonds. The monoisotopic (exact) mass is 1360 g/mol. The summed E-state index contributed by atoms with van der Waals surface area (Å²) < 4.78 is -2.39. The van der Waals surface area contributed by atoms with E-state index in [-0.39, 0.29) is 25.1 Å². The Bertz CT molecular complexity index is 2050. The Morgan fingerprint density at radius 2 is 0.196 bits per heavy atom. The van der Waals surface area contributed by atoms with Gasteiger partial charge in [-0.1, -0.05) is 0 Å². The normalized spacial score (nSPS) is 12.8. The molecule has 0 bridgehead atoms. The van der Waals surface area contributed by atoms with E-state index in [1.165, 1.54) is 0 Å². The SMILES string of the molecule is Clc1c(Cl)c(Cl)[c]([Sb]([c]2c(Cl)c(Cl)c(Cl)c(Cl)c2Cl)([c]2c(Cl)c(Cl)c(Cl)c(Cl)c2Cl)([c]2c(Cl)c(Cl)c(Cl)c(Cl)c2Cl)[c]2c(Cl)c(Cl)c(Cl)c(Cl)c2Cl)c(Cl)c1Cl. The Hall–Kier alpha value is 4.17. The van der Waals surface area contributed by atoms with Crippen molar-refractivity contribution in [2.45, 2.75) is 0 Å². The van der Waals surface area contributed by atoms with Gasteiger partial charge in [0.25, 0.3) is 0 Å². The predicted octanol–water partition coefficient (Wildman–Crippen LogP) is 20.3. The van der Waals surface area contributed by atoms with Crippen LogP contribution < -0.4 is 17.6 Å². The number of benzene rings is 5. The van der Waals surface area contributed by atoms with Gasteiger partial charge in [0, 0.05) is 0 Å². The second-order valence-corrected chi connectivity index (χ2v) is 32.9. The summed E-state index contributed by atoms with van der Waals surface area (Å²) in [7, 11) is 0. The molecule has 0 fully saturated rings. The van der Waals surface area contributed by atoms with Gasteiger partial charge < -0.3 is 0 Å². The van der Waals surface area contributed by atoms with Crippen molar-refractivity contribution < 1.29 is 0 Å². The number of rotatable bonds is 5. The predicted molar refractivity (Wildman–Crippen MR) is 261 cm³/mol. The van der Waals surface area contributed by atoms with Gasteiger partial charge in [-0.25, -0.2) is 0 Å². The van der Waals surface area contributed by atoms with Crippen LogP contribution in [0.1, 0.15) is 0 Å². The first kappa shape index (κ1) is 51.2. The molecule has 5 aromatic rings. The third kappa shape index (κ3) is 7.05. The van der Waals surface area contributed by atoms with E-state index in [2.05, 4.69) is 0 Å². The van der Waals surface area contributed by atoms with Crippen molar-refractivity contribution in [2.24, 2.45) is 0 Å². The molecule has 0 atom stereocenters. The molecule has 0 aliphatic rings. The molecule has 56 heavy (non-hydrogen) atoms. The summed E-state index contributed by atoms with van der Waals surface area (Å²) in [6.07, 6.45) is 0. The maximum atomic E-state index is 7.39. The van der Waals surface area contributed by atoms with Crippen LogP contribution in [0.3, 0.4) is 0 Å². The van der Waals surface area contributed by atoms with Gasteiger partial charge in [0.1, 0.15) is 0 Å². The van der Waals surface area contributed by atoms with E-state index in [1.54, 1.807) is 0 Å². The van der Waals surface area contributed by atoms with Gasteiger partial charge in [-0.3, -0.25) is 0 Å². The van der Waals surface area contributed by atoms with E-state index in [1.807, 2.05) is 0 Å². The zero-order valence-corrected chi connectivity index (χ0v) is 46.3. The fourth-order valence-corrected chi connectivity index (χ4v) is 45.8. The molecule has 0 radical (unpaired) electrons. The first-order chi connectivity index (χ1) is 25.7. The molecule has 0 aliphatic carbocycles. The molecule has 26 heteroatoms. The summed E-state index contributed by atoms with van der Waals surface area (Å²) in [6.45, 7) is 0. The summed E-state index contributed by atoms with van der Waals surface area (Å²) in [5.74, 6) is 0. The van der Waals surface area contributed by atoms with E-state index in [0.29, 0.717) is 0 Å². The van der Waals surface area contributed by atoms with Crippen molar-refractivity contribution in [1.29, 1.82) is 0 Å². The van der Waals surface area contributed by atoms with Crippen LogP contribution >= 0.6 is 290 Å². The average Bonchev–Trinajstić information content (AvgIpc) is 3.16. The van der Waals surface area contributed by atoms with Crippen LogP contribution in [0.25, 0.3) is 0 Å². The number of hydrogen-bond donors (Lipinski definition) is 0. The Labute approximate surface area is 443 Å². The van der Waals surface area contributed by atoms with Crippen molar-refractivity contribution in [3.8, 4) is 0 Å². The van der Waals surface area contributed by atoms with Crippen molar-refractivity contribution in [1.82, 2.24) is 0 Å². The quantitative estimate of drug-likeness (QED) is 0.0935. The van der Waals surface area contributed by atoms with Crippen molar-refractivity contribution in [2.75, 3.05) is 0 Å². The van der Waals surface area contributed by atoms with Gasteiger partial charge in [-0.05, 0) is 0 Å². The van der Waals surface area contributed by atoms with Crippen LogP contribution in [0.5, 0.6) is 0 Å². The second kappa shape index (κ2) is 18.4. The molecule has 0 saturated heterocycles. The van der Waals surface area contributed by atoms with Crippen molar-refractivity contribution in [3.05, 3.63) is 126 Å². The zero-order chi connectivity index (χ0) is 42.8. The Kier molecular flexibility index (Phi) is 16.9. The summed E-state index contributed by atoms with van der Waals surface area (Å²) in [5, 5.41) is -12.4. The molecule has 0 spiro atoms. The molecule has 0 heterocycles. The zero-order valence-electron chi connectivity index (χ0n) is 24.9. The second-order valence-electron chi connectivity index (χ2n) is 10.7. The van der Waals surface area contributed by atoms with E-state index in [0.717, 1.165) is 0 Å². The van der Waals surface area contributed by atoms with Crippen LogP contribution in [0.2, 0.25) is 126 Å². The molecule has 5 rings (SSSR count).